The normalized spacial score (nSPS) is 15.6. The van der Waals surface area contributed by atoms with Gasteiger partial charge in [-0.1, -0.05) is 0 Å². The Kier molecular flexibility index (Phi) is 5.25. The highest BCUT2D eigenvalue weighted by Crippen LogP contribution is 2.54. The van der Waals surface area contributed by atoms with Crippen molar-refractivity contribution < 1.29 is 53.9 Å². The Labute approximate surface area is 105 Å². The third kappa shape index (κ3) is 4.01. The molecule has 0 saturated heterocycles. The van der Waals surface area contributed by atoms with E-state index >= 15 is 0 Å². The van der Waals surface area contributed by atoms with Gasteiger partial charge >= 0.3 is 31.5 Å². The van der Waals surface area contributed by atoms with Crippen LogP contribution >= 0.6 is 7.60 Å². The van der Waals surface area contributed by atoms with Crippen molar-refractivity contribution in [3.8, 4) is 0 Å². The summed E-state index contributed by atoms with van der Waals surface area (Å²) in [7, 11) is -4.87. The van der Waals surface area contributed by atoms with Crippen LogP contribution in [0.5, 0.6) is 0 Å². The van der Waals surface area contributed by atoms with E-state index < -0.39 is 50.5 Å². The molecule has 0 saturated carbocycles. The summed E-state index contributed by atoms with van der Waals surface area (Å²) in [5.74, 6) is -19.5. The zero-order valence-corrected chi connectivity index (χ0v) is 10.2. The molecule has 0 aromatic rings. The van der Waals surface area contributed by atoms with Gasteiger partial charge in [0.15, 0.2) is 0 Å². The van der Waals surface area contributed by atoms with Crippen molar-refractivity contribution in [1.29, 1.82) is 0 Å². The van der Waals surface area contributed by atoms with Crippen molar-refractivity contribution in [1.82, 2.24) is 0 Å². The third-order valence-corrected chi connectivity index (χ3v) is 3.05. The van der Waals surface area contributed by atoms with Gasteiger partial charge in [-0.2, -0.15) is 39.5 Å². The van der Waals surface area contributed by atoms with Crippen LogP contribution < -0.4 is 0 Å². The summed E-state index contributed by atoms with van der Waals surface area (Å²) in [5, 5.41) is 0. The molecule has 122 valence electrons. The fourth-order valence-corrected chi connectivity index (χ4v) is 1.64. The Morgan fingerprint density at radius 2 is 1.20 bits per heavy atom. The van der Waals surface area contributed by atoms with Gasteiger partial charge in [0, 0.05) is 6.42 Å². The number of halogens is 9. The summed E-state index contributed by atoms with van der Waals surface area (Å²) in [4.78, 5) is 16.5. The van der Waals surface area contributed by atoms with Crippen molar-refractivity contribution >= 4 is 7.60 Å². The fraction of sp³-hybridized carbons (Fsp3) is 1.00. The van der Waals surface area contributed by atoms with Crippen molar-refractivity contribution in [2.75, 3.05) is 6.16 Å². The maximum atomic E-state index is 12.8. The van der Waals surface area contributed by atoms with Crippen LogP contribution in [0.25, 0.3) is 0 Å². The van der Waals surface area contributed by atoms with Crippen LogP contribution in [-0.2, 0) is 4.57 Å². The summed E-state index contributed by atoms with van der Waals surface area (Å²) in [6, 6.07) is 0. The van der Waals surface area contributed by atoms with E-state index in [9.17, 15) is 44.1 Å². The van der Waals surface area contributed by atoms with Crippen molar-refractivity contribution in [2.24, 2.45) is 0 Å². The minimum absolute atomic E-state index is 1.35. The first-order chi connectivity index (χ1) is 8.46. The lowest BCUT2D eigenvalue weighted by Crippen LogP contribution is -2.60. The molecule has 0 spiro atoms. The van der Waals surface area contributed by atoms with Crippen molar-refractivity contribution in [3.63, 3.8) is 0 Å². The van der Waals surface area contributed by atoms with Gasteiger partial charge in [0.2, 0.25) is 0 Å². The smallest absolute Gasteiger partial charge is 0.324 e. The zero-order chi connectivity index (χ0) is 16.6. The van der Waals surface area contributed by atoms with Crippen LogP contribution in [-0.4, -0.2) is 39.9 Å². The van der Waals surface area contributed by atoms with Gasteiger partial charge in [0.05, 0.1) is 6.16 Å². The minimum atomic E-state index is -6.98. The maximum absolute atomic E-state index is 12.8. The Bertz CT molecular complexity index is 385. The van der Waals surface area contributed by atoms with E-state index in [1.807, 2.05) is 0 Å². The molecular weight excluding hydrogens is 334 g/mol. The predicted octanol–water partition coefficient (Wildman–Crippen LogP) is 3.41. The van der Waals surface area contributed by atoms with Gasteiger partial charge in [0.1, 0.15) is 0 Å². The summed E-state index contributed by atoms with van der Waals surface area (Å²) in [6.07, 6.45) is -11.9. The quantitative estimate of drug-likeness (QED) is 0.575. The van der Waals surface area contributed by atoms with E-state index in [-0.39, 0.29) is 0 Å². The van der Waals surface area contributed by atoms with Gasteiger partial charge in [-0.15, -0.1) is 0 Å². The van der Waals surface area contributed by atoms with Crippen molar-refractivity contribution in [2.45, 2.75) is 36.8 Å². The molecule has 0 atom stereocenters. The molecule has 0 heterocycles. The van der Waals surface area contributed by atoms with Crippen molar-refractivity contribution in [3.05, 3.63) is 0 Å². The largest absolute Gasteiger partial charge is 0.460 e. The predicted molar refractivity (Wildman–Crippen MR) is 47.0 cm³/mol. The average Bonchev–Trinajstić information content (AvgIpc) is 2.12. The van der Waals surface area contributed by atoms with Gasteiger partial charge in [0.25, 0.3) is 0 Å². The lowest BCUT2D eigenvalue weighted by molar-refractivity contribution is -0.396. The van der Waals surface area contributed by atoms with E-state index in [1.54, 1.807) is 0 Å². The monoisotopic (exact) mass is 342 g/mol. The second-order valence-electron chi connectivity index (χ2n) is 3.84. The first-order valence-corrected chi connectivity index (χ1v) is 6.50. The fourth-order valence-electron chi connectivity index (χ4n) is 1.07. The van der Waals surface area contributed by atoms with Gasteiger partial charge in [-0.25, -0.2) is 0 Å². The molecule has 0 aliphatic carbocycles. The van der Waals surface area contributed by atoms with Gasteiger partial charge < -0.3 is 9.79 Å². The Morgan fingerprint density at radius 1 is 0.800 bits per heavy atom. The summed E-state index contributed by atoms with van der Waals surface area (Å²) in [5.41, 5.74) is 0. The second-order valence-corrected chi connectivity index (χ2v) is 5.62. The molecule has 0 bridgehead atoms. The van der Waals surface area contributed by atoms with Crippen LogP contribution in [0.15, 0.2) is 0 Å². The summed E-state index contributed by atoms with van der Waals surface area (Å²) >= 11 is 0. The van der Waals surface area contributed by atoms with Gasteiger partial charge in [-0.05, 0) is 6.42 Å². The highest BCUT2D eigenvalue weighted by atomic mass is 31.2. The van der Waals surface area contributed by atoms with Crippen LogP contribution in [0, 0.1) is 0 Å². The molecule has 13 heteroatoms. The highest BCUT2D eigenvalue weighted by Gasteiger charge is 2.81. The molecule has 0 radical (unpaired) electrons. The minimum Gasteiger partial charge on any atom is -0.324 e. The Balaban J connectivity index is 5.12. The van der Waals surface area contributed by atoms with Crippen LogP contribution in [0.2, 0.25) is 0 Å². The van der Waals surface area contributed by atoms with Crippen LogP contribution in [0.3, 0.4) is 0 Å². The average molecular weight is 342 g/mol. The van der Waals surface area contributed by atoms with Gasteiger partial charge in [-0.3, -0.25) is 4.57 Å². The topological polar surface area (TPSA) is 57.5 Å². The van der Waals surface area contributed by atoms with Crippen LogP contribution in [0.4, 0.5) is 39.5 Å². The molecule has 0 rings (SSSR count). The molecule has 0 unspecified atom stereocenters. The molecular formula is C7H8F9O3P. The lowest BCUT2D eigenvalue weighted by atomic mass is 10.00. The molecule has 20 heavy (non-hydrogen) atoms. The molecule has 0 aliphatic rings. The van der Waals surface area contributed by atoms with E-state index in [0.29, 0.717) is 0 Å². The summed E-state index contributed by atoms with van der Waals surface area (Å²) in [6.45, 7) is 0. The van der Waals surface area contributed by atoms with Crippen LogP contribution in [0.1, 0.15) is 12.8 Å². The second kappa shape index (κ2) is 5.38. The molecule has 0 amide bonds. The standard InChI is InChI=1S/C7H8F9O3P/c8-4(9,2-1-3-20(17,18)19)5(10,11)6(12,13)7(14,15)16/h1-3H2,(H2,17,18,19). The number of hydrogen-bond acceptors (Lipinski definition) is 1. The molecule has 0 fully saturated rings. The zero-order valence-electron chi connectivity index (χ0n) is 9.27. The van der Waals surface area contributed by atoms with E-state index in [4.69, 9.17) is 9.79 Å². The number of rotatable bonds is 6. The van der Waals surface area contributed by atoms with E-state index in [2.05, 4.69) is 0 Å². The lowest BCUT2D eigenvalue weighted by Gasteiger charge is -2.33. The molecule has 0 aliphatic heterocycles. The SMILES string of the molecule is O=P(O)(O)CCCC(F)(F)C(F)(F)C(F)(F)C(F)(F)F. The molecule has 3 nitrogen and oxygen atoms in total. The Hall–Kier alpha value is -0.480. The highest BCUT2D eigenvalue weighted by molar-refractivity contribution is 7.51. The molecule has 0 aromatic heterocycles. The third-order valence-electron chi connectivity index (χ3n) is 2.15. The summed E-state index contributed by atoms with van der Waals surface area (Å²) < 4.78 is 121. The molecule has 2 N–H and O–H groups in total. The van der Waals surface area contributed by atoms with E-state index in [1.165, 1.54) is 0 Å². The number of hydrogen-bond donors (Lipinski definition) is 2. The maximum Gasteiger partial charge on any atom is 0.460 e. The first-order valence-electron chi connectivity index (χ1n) is 4.70. The first kappa shape index (κ1) is 19.5. The van der Waals surface area contributed by atoms with E-state index in [0.717, 1.165) is 0 Å². The number of alkyl halides is 9. The molecule has 0 aromatic carbocycles. The Morgan fingerprint density at radius 3 is 1.50 bits per heavy atom.